The molecule has 4 rings (SSSR count). The number of carbonyl (C=O) groups excluding carboxylic acids is 2. The largest absolute Gasteiger partial charge is 0.480 e. The molecule has 3 aliphatic rings. The van der Waals surface area contributed by atoms with Crippen molar-refractivity contribution in [2.75, 3.05) is 6.54 Å². The summed E-state index contributed by atoms with van der Waals surface area (Å²) >= 11 is 0. The molecule has 31 heavy (non-hydrogen) atoms. The Labute approximate surface area is 181 Å². The van der Waals surface area contributed by atoms with Crippen LogP contribution in [-0.2, 0) is 14.4 Å². The highest BCUT2D eigenvalue weighted by Gasteiger charge is 2.68. The predicted molar refractivity (Wildman–Crippen MR) is 111 cm³/mol. The van der Waals surface area contributed by atoms with Crippen LogP contribution in [0, 0.1) is 17.7 Å². The molecule has 0 spiro atoms. The lowest BCUT2D eigenvalue weighted by atomic mass is 9.76. The lowest BCUT2D eigenvalue weighted by Crippen LogP contribution is -2.56. The first-order valence-corrected chi connectivity index (χ1v) is 11.2. The van der Waals surface area contributed by atoms with E-state index in [0.717, 1.165) is 32.1 Å². The minimum Gasteiger partial charge on any atom is -0.480 e. The molecule has 2 saturated heterocycles. The Hall–Kier alpha value is -2.32. The van der Waals surface area contributed by atoms with Crippen LogP contribution in [0.25, 0.3) is 0 Å². The molecule has 7 nitrogen and oxygen atoms in total. The predicted octanol–water partition coefficient (Wildman–Crippen LogP) is 2.36. The summed E-state index contributed by atoms with van der Waals surface area (Å²) in [5, 5.41) is 13.4. The molecule has 4 N–H and O–H groups in total. The number of rotatable bonds is 7. The van der Waals surface area contributed by atoms with Crippen molar-refractivity contribution >= 4 is 17.8 Å². The topological polar surface area (TPSA) is 113 Å². The average Bonchev–Trinajstić information content (AvgIpc) is 3.24. The van der Waals surface area contributed by atoms with Crippen LogP contribution < -0.4 is 11.1 Å². The van der Waals surface area contributed by atoms with Gasteiger partial charge in [0.15, 0.2) is 0 Å². The van der Waals surface area contributed by atoms with Gasteiger partial charge < -0.3 is 10.8 Å². The summed E-state index contributed by atoms with van der Waals surface area (Å²) in [6, 6.07) is 4.88. The van der Waals surface area contributed by atoms with E-state index in [4.69, 9.17) is 5.73 Å². The third kappa shape index (κ3) is 3.65. The van der Waals surface area contributed by atoms with E-state index in [2.05, 4.69) is 5.32 Å². The van der Waals surface area contributed by atoms with Gasteiger partial charge in [0.2, 0.25) is 11.8 Å². The number of imide groups is 1. The van der Waals surface area contributed by atoms with Gasteiger partial charge in [0.25, 0.3) is 0 Å². The molecule has 1 aromatic carbocycles. The first-order valence-electron chi connectivity index (χ1n) is 11.2. The van der Waals surface area contributed by atoms with Crippen molar-refractivity contribution < 1.29 is 23.9 Å². The number of halogens is 1. The number of unbranched alkanes of at least 4 members (excludes halogenated alkanes) is 1. The van der Waals surface area contributed by atoms with Crippen LogP contribution in [0.15, 0.2) is 24.3 Å². The van der Waals surface area contributed by atoms with E-state index in [9.17, 15) is 23.9 Å². The monoisotopic (exact) mass is 431 g/mol. The molecule has 2 amide bonds. The fourth-order valence-corrected chi connectivity index (χ4v) is 5.76. The maximum Gasteiger partial charge on any atom is 0.324 e. The molecule has 1 aromatic rings. The summed E-state index contributed by atoms with van der Waals surface area (Å²) in [6.45, 7) is 0.423. The van der Waals surface area contributed by atoms with Crippen LogP contribution in [0.2, 0.25) is 0 Å². The van der Waals surface area contributed by atoms with Crippen molar-refractivity contribution in [2.45, 2.75) is 69.0 Å². The van der Waals surface area contributed by atoms with E-state index < -0.39 is 35.2 Å². The zero-order chi connectivity index (χ0) is 22.2. The lowest BCUT2D eigenvalue weighted by Gasteiger charge is -2.34. The van der Waals surface area contributed by atoms with Gasteiger partial charge in [0.05, 0.1) is 11.8 Å². The second-order valence-corrected chi connectivity index (χ2v) is 9.04. The van der Waals surface area contributed by atoms with E-state index in [1.165, 1.54) is 17.0 Å². The van der Waals surface area contributed by atoms with E-state index in [0.29, 0.717) is 24.9 Å². The quantitative estimate of drug-likeness (QED) is 0.451. The Morgan fingerprint density at radius 1 is 1.13 bits per heavy atom. The van der Waals surface area contributed by atoms with Gasteiger partial charge in [-0.25, -0.2) is 4.39 Å². The summed E-state index contributed by atoms with van der Waals surface area (Å²) < 4.78 is 13.5. The number of carboxylic acid groups (broad SMARTS) is 1. The second kappa shape index (κ2) is 8.67. The van der Waals surface area contributed by atoms with Crippen molar-refractivity contribution in [3.63, 3.8) is 0 Å². The molecule has 2 heterocycles. The smallest absolute Gasteiger partial charge is 0.324 e. The van der Waals surface area contributed by atoms with E-state index >= 15 is 0 Å². The number of likely N-dealkylation sites (tertiary alicyclic amines) is 1. The number of carboxylic acids is 1. The van der Waals surface area contributed by atoms with E-state index in [1.54, 1.807) is 12.1 Å². The van der Waals surface area contributed by atoms with Crippen LogP contribution in [0.1, 0.15) is 63.0 Å². The fraction of sp³-hybridized carbons (Fsp3) is 0.609. The highest BCUT2D eigenvalue weighted by Crippen LogP contribution is 2.51. The molecule has 168 valence electrons. The number of carbonyl (C=O) groups is 3. The Bertz CT molecular complexity index is 855. The first kappa shape index (κ1) is 21.9. The number of nitrogens with zero attached hydrogens (tertiary/aromatic N) is 1. The highest BCUT2D eigenvalue weighted by molar-refractivity contribution is 6.09. The maximum absolute atomic E-state index is 13.6. The molecule has 1 saturated carbocycles. The first-order chi connectivity index (χ1) is 14.9. The molecule has 3 fully saturated rings. The Kier molecular flexibility index (Phi) is 6.12. The van der Waals surface area contributed by atoms with E-state index in [-0.39, 0.29) is 24.3 Å². The Balaban J connectivity index is 1.75. The van der Waals surface area contributed by atoms with Crippen LogP contribution in [-0.4, -0.2) is 45.9 Å². The number of benzene rings is 1. The van der Waals surface area contributed by atoms with Crippen LogP contribution >= 0.6 is 0 Å². The Morgan fingerprint density at radius 2 is 1.81 bits per heavy atom. The number of hydrogen-bond donors (Lipinski definition) is 3. The van der Waals surface area contributed by atoms with Gasteiger partial charge in [-0.05, 0) is 56.3 Å². The summed E-state index contributed by atoms with van der Waals surface area (Å²) in [7, 11) is 0. The third-order valence-corrected chi connectivity index (χ3v) is 7.26. The van der Waals surface area contributed by atoms with Crippen LogP contribution in [0.5, 0.6) is 0 Å². The molecule has 8 heteroatoms. The molecule has 0 bridgehead atoms. The molecular formula is C23H30FN3O4. The summed E-state index contributed by atoms with van der Waals surface area (Å²) in [4.78, 5) is 41.1. The number of hydrogen-bond acceptors (Lipinski definition) is 5. The number of aliphatic carboxylic acids is 1. The SMILES string of the molecule is NCCCCC1(C(=O)O)NC(c2ccc(F)cc2)C2C(=O)N(C3CCCCC3)C(=O)C21. The summed E-state index contributed by atoms with van der Waals surface area (Å²) in [6.07, 6.45) is 5.88. The van der Waals surface area contributed by atoms with Gasteiger partial charge >= 0.3 is 5.97 Å². The molecule has 0 radical (unpaired) electrons. The van der Waals surface area contributed by atoms with Crippen molar-refractivity contribution in [3.8, 4) is 0 Å². The standard InChI is InChI=1S/C23H30FN3O4/c24-15-10-8-14(9-11-15)19-17-18(23(26-19,22(30)31)12-4-5-13-25)21(29)27(20(17)28)16-6-2-1-3-7-16/h8-11,16-19,26H,1-7,12-13,25H2,(H,30,31). The molecular weight excluding hydrogens is 401 g/mol. The normalized spacial score (nSPS) is 31.3. The van der Waals surface area contributed by atoms with Crippen LogP contribution in [0.3, 0.4) is 0 Å². The van der Waals surface area contributed by atoms with Crippen molar-refractivity contribution in [1.29, 1.82) is 0 Å². The average molecular weight is 432 g/mol. The zero-order valence-electron chi connectivity index (χ0n) is 17.6. The minimum absolute atomic E-state index is 0.163. The number of fused-ring (bicyclic) bond motifs is 1. The summed E-state index contributed by atoms with van der Waals surface area (Å²) in [5.74, 6) is -4.01. The molecule has 0 aromatic heterocycles. The second-order valence-electron chi connectivity index (χ2n) is 9.04. The van der Waals surface area contributed by atoms with Gasteiger partial charge in [-0.15, -0.1) is 0 Å². The molecule has 2 aliphatic heterocycles. The maximum atomic E-state index is 13.6. The number of nitrogens with one attached hydrogen (secondary N) is 1. The lowest BCUT2D eigenvalue weighted by molar-refractivity contribution is -0.153. The molecule has 4 unspecified atom stereocenters. The van der Waals surface area contributed by atoms with Gasteiger partial charge in [0.1, 0.15) is 11.4 Å². The fourth-order valence-electron chi connectivity index (χ4n) is 5.76. The number of nitrogens with two attached hydrogens (primary N) is 1. The van der Waals surface area contributed by atoms with Gasteiger partial charge in [-0.3, -0.25) is 24.6 Å². The molecule has 4 atom stereocenters. The van der Waals surface area contributed by atoms with Crippen molar-refractivity contribution in [3.05, 3.63) is 35.6 Å². The zero-order valence-corrected chi connectivity index (χ0v) is 17.6. The van der Waals surface area contributed by atoms with Gasteiger partial charge in [0, 0.05) is 12.1 Å². The minimum atomic E-state index is -1.55. The van der Waals surface area contributed by atoms with Crippen LogP contribution in [0.4, 0.5) is 4.39 Å². The Morgan fingerprint density at radius 3 is 2.42 bits per heavy atom. The van der Waals surface area contributed by atoms with Crippen molar-refractivity contribution in [1.82, 2.24) is 10.2 Å². The van der Waals surface area contributed by atoms with Gasteiger partial charge in [-0.2, -0.15) is 0 Å². The number of amides is 2. The van der Waals surface area contributed by atoms with Crippen molar-refractivity contribution in [2.24, 2.45) is 17.6 Å². The molecule has 1 aliphatic carbocycles. The van der Waals surface area contributed by atoms with Gasteiger partial charge in [-0.1, -0.05) is 31.4 Å². The van der Waals surface area contributed by atoms with E-state index in [1.807, 2.05) is 0 Å². The third-order valence-electron chi connectivity index (χ3n) is 7.26. The summed E-state index contributed by atoms with van der Waals surface area (Å²) in [5.41, 5.74) is 4.68. The highest BCUT2D eigenvalue weighted by atomic mass is 19.1.